The lowest BCUT2D eigenvalue weighted by Crippen LogP contribution is -2.32. The summed E-state index contributed by atoms with van der Waals surface area (Å²) in [7, 11) is 1.85. The number of benzene rings is 2. The Labute approximate surface area is 147 Å². The van der Waals surface area contributed by atoms with Crippen LogP contribution in [0, 0.1) is 0 Å². The summed E-state index contributed by atoms with van der Waals surface area (Å²) in [6.07, 6.45) is 0. The zero-order chi connectivity index (χ0) is 18.1. The van der Waals surface area contributed by atoms with Crippen molar-refractivity contribution in [3.8, 4) is 0 Å². The Balaban J connectivity index is 1.69. The Morgan fingerprint density at radius 2 is 1.88 bits per heavy atom. The first-order chi connectivity index (χ1) is 12.0. The van der Waals surface area contributed by atoms with Gasteiger partial charge in [-0.05, 0) is 30.8 Å². The largest absolute Gasteiger partial charge is 0.375 e. The molecule has 0 saturated carbocycles. The van der Waals surface area contributed by atoms with Crippen LogP contribution < -0.4 is 11.1 Å². The summed E-state index contributed by atoms with van der Waals surface area (Å²) in [5.41, 5.74) is 7.27. The van der Waals surface area contributed by atoms with Crippen LogP contribution in [0.2, 0.25) is 0 Å². The molecular formula is C19H23N3O3. The zero-order valence-electron chi connectivity index (χ0n) is 14.3. The van der Waals surface area contributed by atoms with Crippen molar-refractivity contribution in [3.63, 3.8) is 0 Å². The van der Waals surface area contributed by atoms with E-state index in [1.165, 1.54) is 0 Å². The van der Waals surface area contributed by atoms with E-state index in [4.69, 9.17) is 10.5 Å². The summed E-state index contributed by atoms with van der Waals surface area (Å²) in [5.74, 6) is -0.684. The van der Waals surface area contributed by atoms with Gasteiger partial charge in [0, 0.05) is 17.8 Å². The number of nitrogens with zero attached hydrogens (tertiary/aromatic N) is 1. The van der Waals surface area contributed by atoms with E-state index in [1.54, 1.807) is 24.3 Å². The van der Waals surface area contributed by atoms with Crippen molar-refractivity contribution in [2.75, 3.05) is 32.1 Å². The average molecular weight is 341 g/mol. The lowest BCUT2D eigenvalue weighted by molar-refractivity contribution is -0.117. The molecule has 0 aromatic heterocycles. The topological polar surface area (TPSA) is 84.7 Å². The smallest absolute Gasteiger partial charge is 0.248 e. The van der Waals surface area contributed by atoms with Gasteiger partial charge in [0.05, 0.1) is 19.8 Å². The molecule has 0 unspecified atom stereocenters. The van der Waals surface area contributed by atoms with Crippen molar-refractivity contribution in [2.45, 2.75) is 6.61 Å². The van der Waals surface area contributed by atoms with Crippen molar-refractivity contribution in [1.29, 1.82) is 0 Å². The van der Waals surface area contributed by atoms with Crippen molar-refractivity contribution < 1.29 is 14.3 Å². The van der Waals surface area contributed by atoms with Crippen LogP contribution >= 0.6 is 0 Å². The van der Waals surface area contributed by atoms with Crippen LogP contribution in [0.1, 0.15) is 15.9 Å². The lowest BCUT2D eigenvalue weighted by Gasteiger charge is -2.16. The number of likely N-dealkylation sites (N-methyl/N-ethyl adjacent to an activating group) is 1. The van der Waals surface area contributed by atoms with E-state index in [9.17, 15) is 9.59 Å². The highest BCUT2D eigenvalue weighted by molar-refractivity contribution is 5.96. The number of anilines is 1. The Hall–Kier alpha value is -2.70. The van der Waals surface area contributed by atoms with E-state index in [-0.39, 0.29) is 12.5 Å². The summed E-state index contributed by atoms with van der Waals surface area (Å²) in [4.78, 5) is 25.1. The second-order valence-electron chi connectivity index (χ2n) is 5.77. The third-order valence-corrected chi connectivity index (χ3v) is 3.57. The van der Waals surface area contributed by atoms with Gasteiger partial charge in [-0.15, -0.1) is 0 Å². The molecule has 2 rings (SSSR count). The number of amides is 2. The molecule has 25 heavy (non-hydrogen) atoms. The van der Waals surface area contributed by atoms with Gasteiger partial charge in [-0.3, -0.25) is 14.5 Å². The normalized spacial score (nSPS) is 10.6. The van der Waals surface area contributed by atoms with Crippen LogP contribution in [0.25, 0.3) is 0 Å². The molecule has 0 saturated heterocycles. The van der Waals surface area contributed by atoms with Gasteiger partial charge in [0.25, 0.3) is 0 Å². The predicted octanol–water partition coefficient (Wildman–Crippen LogP) is 1.87. The predicted molar refractivity (Wildman–Crippen MR) is 97.2 cm³/mol. The number of ether oxygens (including phenoxy) is 1. The third kappa shape index (κ3) is 6.74. The third-order valence-electron chi connectivity index (χ3n) is 3.57. The first-order valence-electron chi connectivity index (χ1n) is 8.04. The molecule has 0 radical (unpaired) electrons. The average Bonchev–Trinajstić information content (AvgIpc) is 2.59. The van der Waals surface area contributed by atoms with E-state index < -0.39 is 5.91 Å². The highest BCUT2D eigenvalue weighted by Gasteiger charge is 2.08. The van der Waals surface area contributed by atoms with Crippen LogP contribution in [0.15, 0.2) is 54.6 Å². The Morgan fingerprint density at radius 3 is 2.60 bits per heavy atom. The molecule has 0 bridgehead atoms. The first kappa shape index (κ1) is 18.6. The molecule has 2 aromatic rings. The highest BCUT2D eigenvalue weighted by Crippen LogP contribution is 2.10. The van der Waals surface area contributed by atoms with E-state index in [2.05, 4.69) is 5.32 Å². The fraction of sp³-hybridized carbons (Fsp3) is 0.263. The summed E-state index contributed by atoms with van der Waals surface area (Å²) in [6, 6.07) is 16.5. The Kier molecular flexibility index (Phi) is 7.13. The molecule has 0 heterocycles. The minimum atomic E-state index is -0.524. The number of carbonyl (C=O) groups is 2. The Bertz CT molecular complexity index is 704. The van der Waals surface area contributed by atoms with E-state index in [0.29, 0.717) is 31.0 Å². The molecule has 6 nitrogen and oxygen atoms in total. The summed E-state index contributed by atoms with van der Waals surface area (Å²) in [5, 5.41) is 2.76. The first-order valence-corrected chi connectivity index (χ1v) is 8.04. The quantitative estimate of drug-likeness (QED) is 0.682. The number of hydrogen-bond acceptors (Lipinski definition) is 4. The van der Waals surface area contributed by atoms with Gasteiger partial charge in [0.1, 0.15) is 0 Å². The molecule has 2 amide bonds. The molecule has 6 heteroatoms. The van der Waals surface area contributed by atoms with Gasteiger partial charge in [0.2, 0.25) is 11.8 Å². The standard InChI is InChI=1S/C19H23N3O3/c1-22(10-11-25-14-15-6-3-2-4-7-15)13-18(23)21-17-9-5-8-16(12-17)19(20)24/h2-9,12H,10-11,13-14H2,1H3,(H2,20,24)(H,21,23). The molecule has 0 aliphatic rings. The van der Waals surface area contributed by atoms with E-state index in [1.807, 2.05) is 42.3 Å². The zero-order valence-corrected chi connectivity index (χ0v) is 14.3. The van der Waals surface area contributed by atoms with E-state index >= 15 is 0 Å². The van der Waals surface area contributed by atoms with Crippen molar-refractivity contribution in [1.82, 2.24) is 4.90 Å². The fourth-order valence-corrected chi connectivity index (χ4v) is 2.26. The minimum absolute atomic E-state index is 0.160. The highest BCUT2D eigenvalue weighted by atomic mass is 16.5. The summed E-state index contributed by atoms with van der Waals surface area (Å²) < 4.78 is 5.61. The van der Waals surface area contributed by atoms with Crippen molar-refractivity contribution in [2.24, 2.45) is 5.73 Å². The Morgan fingerprint density at radius 1 is 1.12 bits per heavy atom. The molecule has 0 spiro atoms. The fourth-order valence-electron chi connectivity index (χ4n) is 2.26. The van der Waals surface area contributed by atoms with Gasteiger partial charge in [-0.1, -0.05) is 36.4 Å². The van der Waals surface area contributed by atoms with Crippen molar-refractivity contribution in [3.05, 3.63) is 65.7 Å². The molecule has 0 atom stereocenters. The monoisotopic (exact) mass is 341 g/mol. The molecule has 0 aliphatic carbocycles. The van der Waals surface area contributed by atoms with Gasteiger partial charge >= 0.3 is 0 Å². The lowest BCUT2D eigenvalue weighted by atomic mass is 10.2. The maximum atomic E-state index is 12.0. The molecular weight excluding hydrogens is 318 g/mol. The molecule has 0 aliphatic heterocycles. The molecule has 3 N–H and O–H groups in total. The SMILES string of the molecule is CN(CCOCc1ccccc1)CC(=O)Nc1cccc(C(N)=O)c1. The summed E-state index contributed by atoms with van der Waals surface area (Å²) >= 11 is 0. The van der Waals surface area contributed by atoms with Gasteiger partial charge < -0.3 is 15.8 Å². The van der Waals surface area contributed by atoms with Gasteiger partial charge in [-0.25, -0.2) is 0 Å². The van der Waals surface area contributed by atoms with Crippen LogP contribution in [-0.2, 0) is 16.1 Å². The van der Waals surface area contributed by atoms with E-state index in [0.717, 1.165) is 5.56 Å². The number of nitrogens with one attached hydrogen (secondary N) is 1. The maximum Gasteiger partial charge on any atom is 0.248 e. The van der Waals surface area contributed by atoms with Gasteiger partial charge in [-0.2, -0.15) is 0 Å². The maximum absolute atomic E-state index is 12.0. The second-order valence-corrected chi connectivity index (χ2v) is 5.77. The van der Waals surface area contributed by atoms with Crippen LogP contribution in [0.4, 0.5) is 5.69 Å². The summed E-state index contributed by atoms with van der Waals surface area (Å²) in [6.45, 7) is 1.97. The van der Waals surface area contributed by atoms with Gasteiger partial charge in [0.15, 0.2) is 0 Å². The number of nitrogens with two attached hydrogens (primary N) is 1. The number of primary amides is 1. The minimum Gasteiger partial charge on any atom is -0.375 e. The van der Waals surface area contributed by atoms with Crippen LogP contribution in [0.5, 0.6) is 0 Å². The number of carbonyl (C=O) groups excluding carboxylic acids is 2. The van der Waals surface area contributed by atoms with Crippen LogP contribution in [-0.4, -0.2) is 43.5 Å². The molecule has 2 aromatic carbocycles. The van der Waals surface area contributed by atoms with Crippen molar-refractivity contribution >= 4 is 17.5 Å². The molecule has 132 valence electrons. The van der Waals surface area contributed by atoms with Crippen LogP contribution in [0.3, 0.4) is 0 Å². The number of hydrogen-bond donors (Lipinski definition) is 2. The number of rotatable bonds is 9. The second kappa shape index (κ2) is 9.56. The molecule has 0 fully saturated rings.